The summed E-state index contributed by atoms with van der Waals surface area (Å²) in [4.78, 5) is 47.4. The molecule has 0 spiro atoms. The number of nitrogens with one attached hydrogen (secondary N) is 1. The van der Waals surface area contributed by atoms with Crippen LogP contribution in [0.3, 0.4) is 0 Å². The zero-order chi connectivity index (χ0) is 41.9. The number of hydrogen-bond donors (Lipinski definition) is 1. The fourth-order valence-electron chi connectivity index (χ4n) is 9.73. The first-order valence-corrected chi connectivity index (χ1v) is 25.9. The van der Waals surface area contributed by atoms with Crippen molar-refractivity contribution >= 4 is 17.8 Å². The van der Waals surface area contributed by atoms with Crippen molar-refractivity contribution in [3.63, 3.8) is 0 Å². The Morgan fingerprint density at radius 3 is 1.48 bits per heavy atom. The standard InChI is InChI=1S/C51H97N3O4/c1-5-9-12-15-18-19-20-23-28-33-44-58-49(56)39-38-48(55)54(47(36-31-24-21-16-13-10-6-2)37-32-25-22-17-14-11-7-3)50(45-40-42-53(8-4)43-41-45)51(57)52-46-34-29-26-27-30-35-46/h45-47,50H,5-44H2,1-4H3,(H,52,57). The van der Waals surface area contributed by atoms with Gasteiger partial charge < -0.3 is 19.9 Å². The van der Waals surface area contributed by atoms with Crippen LogP contribution in [0.4, 0.5) is 0 Å². The second-order valence-corrected chi connectivity index (χ2v) is 18.6. The van der Waals surface area contributed by atoms with Gasteiger partial charge in [0.25, 0.3) is 0 Å². The number of ether oxygens (including phenoxy) is 1. The van der Waals surface area contributed by atoms with Crippen molar-refractivity contribution in [3.05, 3.63) is 0 Å². The van der Waals surface area contributed by atoms with E-state index in [1.165, 1.54) is 141 Å². The smallest absolute Gasteiger partial charge is 0.306 e. The van der Waals surface area contributed by atoms with Crippen LogP contribution in [0.1, 0.15) is 259 Å². The molecule has 1 heterocycles. The fraction of sp³-hybridized carbons (Fsp3) is 0.941. The number of nitrogens with zero attached hydrogens (tertiary/aromatic N) is 2. The van der Waals surface area contributed by atoms with E-state index >= 15 is 0 Å². The van der Waals surface area contributed by atoms with Crippen LogP contribution in [0.5, 0.6) is 0 Å². The predicted molar refractivity (Wildman–Crippen MR) is 246 cm³/mol. The molecule has 7 heteroatoms. The third-order valence-electron chi connectivity index (χ3n) is 13.6. The van der Waals surface area contributed by atoms with Gasteiger partial charge in [-0.1, -0.05) is 201 Å². The lowest BCUT2D eigenvalue weighted by Crippen LogP contribution is -2.59. The lowest BCUT2D eigenvalue weighted by atomic mass is 9.85. The average molecular weight is 816 g/mol. The Kier molecular flexibility index (Phi) is 32.6. The highest BCUT2D eigenvalue weighted by Gasteiger charge is 2.41. The molecule has 340 valence electrons. The molecule has 1 unspecified atom stereocenters. The van der Waals surface area contributed by atoms with Crippen LogP contribution in [0.25, 0.3) is 0 Å². The summed E-state index contributed by atoms with van der Waals surface area (Å²) < 4.78 is 5.71. The van der Waals surface area contributed by atoms with Gasteiger partial charge in [0, 0.05) is 18.5 Å². The number of hydrogen-bond acceptors (Lipinski definition) is 5. The average Bonchev–Trinajstić information content (AvgIpc) is 3.51. The Bertz CT molecular complexity index is 972. The summed E-state index contributed by atoms with van der Waals surface area (Å²) in [5, 5.41) is 3.55. The van der Waals surface area contributed by atoms with Crippen molar-refractivity contribution in [1.82, 2.24) is 15.1 Å². The number of piperidine rings is 1. The Morgan fingerprint density at radius 1 is 0.569 bits per heavy atom. The SMILES string of the molecule is CCCCCCCCCCCCOC(=O)CCC(=O)N(C(CCCCCCCCC)CCCCCCCCC)C(C(=O)NC1CCCCCC1)C1CCN(CC)CC1. The molecular weight excluding hydrogens is 719 g/mol. The molecule has 58 heavy (non-hydrogen) atoms. The zero-order valence-electron chi connectivity index (χ0n) is 39.1. The van der Waals surface area contributed by atoms with E-state index in [9.17, 15) is 14.4 Å². The van der Waals surface area contributed by atoms with Crippen LogP contribution in [-0.4, -0.2) is 72.0 Å². The molecule has 2 aliphatic rings. The molecule has 0 aromatic rings. The number of amides is 2. The molecular formula is C51H97N3O4. The zero-order valence-corrected chi connectivity index (χ0v) is 39.1. The van der Waals surface area contributed by atoms with E-state index in [4.69, 9.17) is 4.74 Å². The summed E-state index contributed by atoms with van der Waals surface area (Å²) in [5.74, 6) is -0.0735. The number of carbonyl (C=O) groups excluding carboxylic acids is 3. The van der Waals surface area contributed by atoms with Gasteiger partial charge in [0.2, 0.25) is 11.8 Å². The molecule has 2 fully saturated rings. The normalized spacial score (nSPS) is 16.4. The molecule has 1 aliphatic heterocycles. The monoisotopic (exact) mass is 816 g/mol. The van der Waals surface area contributed by atoms with Gasteiger partial charge in [0.05, 0.1) is 13.0 Å². The van der Waals surface area contributed by atoms with Crippen molar-refractivity contribution < 1.29 is 19.1 Å². The van der Waals surface area contributed by atoms with E-state index in [1.807, 2.05) is 0 Å². The molecule has 1 N–H and O–H groups in total. The van der Waals surface area contributed by atoms with Gasteiger partial charge in [-0.25, -0.2) is 0 Å². The van der Waals surface area contributed by atoms with Crippen molar-refractivity contribution in [2.24, 2.45) is 5.92 Å². The van der Waals surface area contributed by atoms with Crippen LogP contribution < -0.4 is 5.32 Å². The fourth-order valence-corrected chi connectivity index (χ4v) is 9.73. The summed E-state index contributed by atoms with van der Waals surface area (Å²) >= 11 is 0. The molecule has 2 rings (SSSR count). The molecule has 0 radical (unpaired) electrons. The molecule has 0 aromatic carbocycles. The quantitative estimate of drug-likeness (QED) is 0.0387. The molecule has 2 amide bonds. The highest BCUT2D eigenvalue weighted by Crippen LogP contribution is 2.31. The van der Waals surface area contributed by atoms with Crippen LogP contribution in [0.15, 0.2) is 0 Å². The largest absolute Gasteiger partial charge is 0.466 e. The third kappa shape index (κ3) is 24.6. The molecule has 1 atom stereocenters. The molecule has 7 nitrogen and oxygen atoms in total. The van der Waals surface area contributed by atoms with Crippen LogP contribution in [0.2, 0.25) is 0 Å². The minimum atomic E-state index is -0.475. The first-order valence-electron chi connectivity index (χ1n) is 25.9. The van der Waals surface area contributed by atoms with Gasteiger partial charge in [0.1, 0.15) is 6.04 Å². The Hall–Kier alpha value is -1.63. The topological polar surface area (TPSA) is 79.0 Å². The summed E-state index contributed by atoms with van der Waals surface area (Å²) in [6.45, 7) is 12.4. The third-order valence-corrected chi connectivity index (χ3v) is 13.6. The lowest BCUT2D eigenvalue weighted by molar-refractivity contribution is -0.151. The van der Waals surface area contributed by atoms with Gasteiger partial charge in [0.15, 0.2) is 0 Å². The van der Waals surface area contributed by atoms with Gasteiger partial charge in [-0.15, -0.1) is 0 Å². The minimum absolute atomic E-state index is 0.00860. The van der Waals surface area contributed by atoms with Crippen LogP contribution >= 0.6 is 0 Å². The highest BCUT2D eigenvalue weighted by molar-refractivity contribution is 5.89. The molecule has 1 saturated carbocycles. The second kappa shape index (κ2) is 36.1. The van der Waals surface area contributed by atoms with E-state index < -0.39 is 6.04 Å². The Labute approximate surface area is 360 Å². The lowest BCUT2D eigenvalue weighted by Gasteiger charge is -2.44. The number of carbonyl (C=O) groups is 3. The van der Waals surface area contributed by atoms with Gasteiger partial charge in [-0.05, 0) is 70.5 Å². The van der Waals surface area contributed by atoms with Crippen LogP contribution in [0, 0.1) is 5.92 Å². The maximum atomic E-state index is 14.8. The van der Waals surface area contributed by atoms with E-state index in [2.05, 4.69) is 42.8 Å². The van der Waals surface area contributed by atoms with E-state index in [1.54, 1.807) is 0 Å². The van der Waals surface area contributed by atoms with Crippen LogP contribution in [-0.2, 0) is 19.1 Å². The van der Waals surface area contributed by atoms with Gasteiger partial charge in [-0.2, -0.15) is 0 Å². The second-order valence-electron chi connectivity index (χ2n) is 18.6. The predicted octanol–water partition coefficient (Wildman–Crippen LogP) is 13.6. The van der Waals surface area contributed by atoms with E-state index in [-0.39, 0.29) is 48.6 Å². The number of likely N-dealkylation sites (tertiary alicyclic amines) is 1. The van der Waals surface area contributed by atoms with Gasteiger partial charge in [-0.3, -0.25) is 14.4 Å². The molecule has 0 bridgehead atoms. The van der Waals surface area contributed by atoms with Crippen molar-refractivity contribution in [1.29, 1.82) is 0 Å². The Balaban J connectivity index is 2.22. The van der Waals surface area contributed by atoms with Gasteiger partial charge >= 0.3 is 5.97 Å². The van der Waals surface area contributed by atoms with Crippen molar-refractivity contribution in [2.45, 2.75) is 277 Å². The summed E-state index contributed by atoms with van der Waals surface area (Å²) in [6.07, 6.45) is 40.6. The number of esters is 1. The number of unbranched alkanes of at least 4 members (excludes halogenated alkanes) is 21. The highest BCUT2D eigenvalue weighted by atomic mass is 16.5. The Morgan fingerprint density at radius 2 is 1.02 bits per heavy atom. The molecule has 1 aliphatic carbocycles. The molecule has 1 saturated heterocycles. The van der Waals surface area contributed by atoms with Crippen molar-refractivity contribution in [3.8, 4) is 0 Å². The molecule has 0 aromatic heterocycles. The number of rotatable bonds is 36. The summed E-state index contributed by atoms with van der Waals surface area (Å²) in [6, 6.07) is -0.261. The first-order chi connectivity index (χ1) is 28.4. The maximum absolute atomic E-state index is 14.8. The van der Waals surface area contributed by atoms with Crippen molar-refractivity contribution in [2.75, 3.05) is 26.2 Å². The summed E-state index contributed by atoms with van der Waals surface area (Å²) in [5.41, 5.74) is 0. The van der Waals surface area contributed by atoms with E-state index in [0.29, 0.717) is 6.61 Å². The van der Waals surface area contributed by atoms with E-state index in [0.717, 1.165) is 96.7 Å². The first kappa shape index (κ1) is 52.5. The minimum Gasteiger partial charge on any atom is -0.466 e. The maximum Gasteiger partial charge on any atom is 0.306 e. The summed E-state index contributed by atoms with van der Waals surface area (Å²) in [7, 11) is 0.